The zero-order valence-corrected chi connectivity index (χ0v) is 15.1. The Hall–Kier alpha value is -2.03. The zero-order chi connectivity index (χ0) is 17.6. The van der Waals surface area contributed by atoms with Gasteiger partial charge in [0.05, 0.1) is 0 Å². The van der Waals surface area contributed by atoms with Crippen LogP contribution in [0.3, 0.4) is 0 Å². The van der Waals surface area contributed by atoms with Gasteiger partial charge in [-0.15, -0.1) is 0 Å². The van der Waals surface area contributed by atoms with Gasteiger partial charge < -0.3 is 9.52 Å². The molecule has 0 aliphatic rings. The molecule has 2 aromatic rings. The van der Waals surface area contributed by atoms with Crippen molar-refractivity contribution in [3.8, 4) is 5.75 Å². The van der Waals surface area contributed by atoms with E-state index in [1.54, 1.807) is 24.3 Å². The summed E-state index contributed by atoms with van der Waals surface area (Å²) >= 11 is 0. The average molecular weight is 314 g/mol. The second-order valence-electron chi connectivity index (χ2n) is 8.16. The Balaban J connectivity index is 2.67. The number of furan rings is 1. The highest BCUT2D eigenvalue weighted by Crippen LogP contribution is 2.40. The molecule has 0 amide bonds. The predicted molar refractivity (Wildman–Crippen MR) is 92.4 cm³/mol. The van der Waals surface area contributed by atoms with E-state index in [0.717, 1.165) is 11.1 Å². The number of aryl methyl sites for hydroxylation is 1. The first-order chi connectivity index (χ1) is 10.4. The average Bonchev–Trinajstić information content (AvgIpc) is 2.82. The summed E-state index contributed by atoms with van der Waals surface area (Å²) in [5.41, 5.74) is 1.57. The Kier molecular flexibility index (Phi) is 4.18. The number of hydrogen-bond donors (Lipinski definition) is 1. The van der Waals surface area contributed by atoms with Crippen LogP contribution in [0.5, 0.6) is 5.75 Å². The number of phenols is 1. The van der Waals surface area contributed by atoms with E-state index in [1.807, 2.05) is 48.5 Å². The molecule has 3 heteroatoms. The first-order valence-electron chi connectivity index (χ1n) is 7.90. The molecule has 1 aromatic carbocycles. The number of aromatic hydroxyl groups is 1. The van der Waals surface area contributed by atoms with Crippen molar-refractivity contribution in [3.05, 3.63) is 52.5 Å². The van der Waals surface area contributed by atoms with E-state index in [1.165, 1.54) is 0 Å². The van der Waals surface area contributed by atoms with Crippen molar-refractivity contribution in [2.45, 2.75) is 59.3 Å². The third kappa shape index (κ3) is 3.49. The molecular formula is C20H26O3. The molecule has 0 atom stereocenters. The van der Waals surface area contributed by atoms with Crippen molar-refractivity contribution < 1.29 is 14.3 Å². The number of phenolic OH excluding ortho intramolecular Hbond substituents is 1. The van der Waals surface area contributed by atoms with Gasteiger partial charge >= 0.3 is 0 Å². The maximum Gasteiger partial charge on any atom is 0.228 e. The monoisotopic (exact) mass is 314 g/mol. The summed E-state index contributed by atoms with van der Waals surface area (Å²) in [4.78, 5) is 12.8. The van der Waals surface area contributed by atoms with Crippen LogP contribution in [0, 0.1) is 6.92 Å². The van der Waals surface area contributed by atoms with Crippen molar-refractivity contribution >= 4 is 5.78 Å². The highest BCUT2D eigenvalue weighted by Gasteiger charge is 2.28. The Bertz CT molecular complexity index is 702. The molecule has 1 N–H and O–H groups in total. The van der Waals surface area contributed by atoms with Gasteiger partial charge in [0.1, 0.15) is 11.5 Å². The minimum absolute atomic E-state index is 0.158. The number of carbonyl (C=O) groups excluding carboxylic acids is 1. The molecule has 0 bridgehead atoms. The first kappa shape index (κ1) is 17.3. The van der Waals surface area contributed by atoms with Crippen LogP contribution < -0.4 is 0 Å². The van der Waals surface area contributed by atoms with Crippen LogP contribution in [0.25, 0.3) is 0 Å². The third-order valence-corrected chi connectivity index (χ3v) is 3.95. The fraction of sp³-hybridized carbons (Fsp3) is 0.450. The second kappa shape index (κ2) is 5.55. The topological polar surface area (TPSA) is 50.4 Å². The smallest absolute Gasteiger partial charge is 0.228 e. The molecule has 1 aromatic heterocycles. The van der Waals surface area contributed by atoms with Crippen LogP contribution in [0.1, 0.15) is 74.5 Å². The number of rotatable bonds is 2. The van der Waals surface area contributed by atoms with E-state index >= 15 is 0 Å². The maximum atomic E-state index is 12.8. The fourth-order valence-corrected chi connectivity index (χ4v) is 2.61. The Morgan fingerprint density at radius 2 is 1.43 bits per heavy atom. The quantitative estimate of drug-likeness (QED) is 0.783. The molecule has 23 heavy (non-hydrogen) atoms. The van der Waals surface area contributed by atoms with Crippen molar-refractivity contribution in [2.24, 2.45) is 0 Å². The van der Waals surface area contributed by atoms with E-state index in [9.17, 15) is 9.90 Å². The van der Waals surface area contributed by atoms with Crippen LogP contribution in [0.2, 0.25) is 0 Å². The molecule has 0 aliphatic heterocycles. The fourth-order valence-electron chi connectivity index (χ4n) is 2.61. The number of ketones is 1. The van der Waals surface area contributed by atoms with Gasteiger partial charge in [-0.3, -0.25) is 4.79 Å². The molecule has 0 radical (unpaired) electrons. The lowest BCUT2D eigenvalue weighted by Crippen LogP contribution is -2.19. The second-order valence-corrected chi connectivity index (χ2v) is 8.16. The van der Waals surface area contributed by atoms with Crippen molar-refractivity contribution in [2.75, 3.05) is 0 Å². The van der Waals surface area contributed by atoms with Crippen molar-refractivity contribution in [1.82, 2.24) is 0 Å². The van der Waals surface area contributed by atoms with Gasteiger partial charge in [-0.25, -0.2) is 0 Å². The van der Waals surface area contributed by atoms with Gasteiger partial charge in [0, 0.05) is 16.7 Å². The van der Waals surface area contributed by atoms with E-state index in [2.05, 4.69) is 0 Å². The van der Waals surface area contributed by atoms with Crippen LogP contribution in [-0.2, 0) is 10.8 Å². The summed E-state index contributed by atoms with van der Waals surface area (Å²) in [6, 6.07) is 7.04. The van der Waals surface area contributed by atoms with Gasteiger partial charge in [-0.2, -0.15) is 0 Å². The molecule has 0 unspecified atom stereocenters. The van der Waals surface area contributed by atoms with Crippen molar-refractivity contribution in [1.29, 1.82) is 0 Å². The SMILES string of the molecule is Cc1ccc(C(=O)c2cc(C(C)(C)C)c(O)c(C(C)(C)C)c2)o1. The molecular weight excluding hydrogens is 288 g/mol. The summed E-state index contributed by atoms with van der Waals surface area (Å²) in [7, 11) is 0. The maximum absolute atomic E-state index is 12.8. The minimum atomic E-state index is -0.264. The Morgan fingerprint density at radius 3 is 1.78 bits per heavy atom. The van der Waals surface area contributed by atoms with Crippen LogP contribution >= 0.6 is 0 Å². The van der Waals surface area contributed by atoms with Gasteiger partial charge in [0.2, 0.25) is 5.78 Å². The molecule has 0 aliphatic carbocycles. The van der Waals surface area contributed by atoms with Gasteiger partial charge in [0.15, 0.2) is 5.76 Å². The summed E-state index contributed by atoms with van der Waals surface area (Å²) < 4.78 is 5.47. The molecule has 2 rings (SSSR count). The first-order valence-corrected chi connectivity index (χ1v) is 7.90. The summed E-state index contributed by atoms with van der Waals surface area (Å²) in [6.07, 6.45) is 0. The highest BCUT2D eigenvalue weighted by atomic mass is 16.3. The minimum Gasteiger partial charge on any atom is -0.507 e. The van der Waals surface area contributed by atoms with Crippen LogP contribution in [-0.4, -0.2) is 10.9 Å². The van der Waals surface area contributed by atoms with E-state index in [0.29, 0.717) is 17.1 Å². The van der Waals surface area contributed by atoms with Crippen LogP contribution in [0.15, 0.2) is 28.7 Å². The molecule has 0 fully saturated rings. The van der Waals surface area contributed by atoms with E-state index < -0.39 is 0 Å². The van der Waals surface area contributed by atoms with E-state index in [4.69, 9.17) is 4.42 Å². The molecule has 1 heterocycles. The molecule has 124 valence electrons. The predicted octanol–water partition coefficient (Wildman–Crippen LogP) is 5.12. The summed E-state index contributed by atoms with van der Waals surface area (Å²) in [6.45, 7) is 14.0. The van der Waals surface area contributed by atoms with Gasteiger partial charge in [-0.05, 0) is 42.0 Å². The summed E-state index contributed by atoms with van der Waals surface area (Å²) in [5.74, 6) is 1.15. The lowest BCUT2D eigenvalue weighted by molar-refractivity contribution is 0.101. The normalized spacial score (nSPS) is 12.5. The largest absolute Gasteiger partial charge is 0.507 e. The summed E-state index contributed by atoms with van der Waals surface area (Å²) in [5, 5.41) is 10.7. The van der Waals surface area contributed by atoms with E-state index in [-0.39, 0.29) is 22.4 Å². The Labute approximate surface area is 138 Å². The van der Waals surface area contributed by atoms with Gasteiger partial charge in [-0.1, -0.05) is 41.5 Å². The molecule has 0 saturated carbocycles. The number of hydrogen-bond acceptors (Lipinski definition) is 3. The van der Waals surface area contributed by atoms with Crippen molar-refractivity contribution in [3.63, 3.8) is 0 Å². The van der Waals surface area contributed by atoms with Gasteiger partial charge in [0.25, 0.3) is 0 Å². The molecule has 0 saturated heterocycles. The lowest BCUT2D eigenvalue weighted by atomic mass is 9.78. The third-order valence-electron chi connectivity index (χ3n) is 3.95. The zero-order valence-electron chi connectivity index (χ0n) is 15.1. The highest BCUT2D eigenvalue weighted by molar-refractivity contribution is 6.07. The number of carbonyl (C=O) groups is 1. The standard InChI is InChI=1S/C20H26O3/c1-12-8-9-16(23-12)17(21)13-10-14(19(2,3)4)18(22)15(11-13)20(5,6)7/h8-11,22H,1-7H3. The van der Waals surface area contributed by atoms with Crippen LogP contribution in [0.4, 0.5) is 0 Å². The Morgan fingerprint density at radius 1 is 0.957 bits per heavy atom. The molecule has 0 spiro atoms. The lowest BCUT2D eigenvalue weighted by Gasteiger charge is -2.28. The number of benzene rings is 1. The molecule has 3 nitrogen and oxygen atoms in total.